The molecule has 1 aliphatic heterocycles. The molecule has 4 heteroatoms. The van der Waals surface area contributed by atoms with Crippen LogP contribution in [0.15, 0.2) is 18.2 Å². The van der Waals surface area contributed by atoms with E-state index in [-0.39, 0.29) is 23.7 Å². The first-order valence-corrected chi connectivity index (χ1v) is 9.47. The van der Waals surface area contributed by atoms with Crippen LogP contribution in [-0.2, 0) is 16.0 Å². The summed E-state index contributed by atoms with van der Waals surface area (Å²) in [5.74, 6) is 0.799. The van der Waals surface area contributed by atoms with Gasteiger partial charge in [0.1, 0.15) is 0 Å². The molecular weight excluding hydrogens is 300 g/mol. The molecule has 1 N–H and O–H groups in total. The van der Waals surface area contributed by atoms with Gasteiger partial charge in [-0.25, -0.2) is 0 Å². The lowest BCUT2D eigenvalue weighted by molar-refractivity contribution is -0.121. The summed E-state index contributed by atoms with van der Waals surface area (Å²) in [7, 11) is 0. The van der Waals surface area contributed by atoms with Crippen LogP contribution in [0, 0.1) is 11.8 Å². The van der Waals surface area contributed by atoms with Crippen molar-refractivity contribution in [3.05, 3.63) is 23.8 Å². The van der Waals surface area contributed by atoms with Gasteiger partial charge >= 0.3 is 0 Å². The molecular formula is C20H26N2O2. The zero-order chi connectivity index (χ0) is 16.5. The number of hydrogen-bond acceptors (Lipinski definition) is 2. The maximum absolute atomic E-state index is 12.5. The highest BCUT2D eigenvalue weighted by Crippen LogP contribution is 2.37. The predicted molar refractivity (Wildman–Crippen MR) is 95.0 cm³/mol. The Morgan fingerprint density at radius 3 is 2.50 bits per heavy atom. The number of benzene rings is 1. The first-order valence-electron chi connectivity index (χ1n) is 9.47. The summed E-state index contributed by atoms with van der Waals surface area (Å²) in [6.45, 7) is 0.808. The monoisotopic (exact) mass is 326 g/mol. The molecule has 2 aliphatic carbocycles. The van der Waals surface area contributed by atoms with Crippen molar-refractivity contribution in [2.75, 3.05) is 16.8 Å². The van der Waals surface area contributed by atoms with Gasteiger partial charge in [-0.1, -0.05) is 25.3 Å². The Morgan fingerprint density at radius 1 is 0.958 bits per heavy atom. The number of nitrogens with zero attached hydrogens (tertiary/aromatic N) is 1. The van der Waals surface area contributed by atoms with E-state index in [1.165, 1.54) is 12.0 Å². The number of anilines is 2. The first-order chi connectivity index (χ1) is 11.7. The SMILES string of the molecule is O=C(Nc1ccc2c(c1)N(C(=O)C1CC1)CCC2)C1CCCCC1. The van der Waals surface area contributed by atoms with E-state index >= 15 is 0 Å². The van der Waals surface area contributed by atoms with Crippen LogP contribution in [0.1, 0.15) is 56.9 Å². The summed E-state index contributed by atoms with van der Waals surface area (Å²) in [6.07, 6.45) is 9.68. The number of aryl methyl sites for hydroxylation is 1. The van der Waals surface area contributed by atoms with Crippen molar-refractivity contribution in [2.24, 2.45) is 11.8 Å². The van der Waals surface area contributed by atoms with Crippen LogP contribution in [0.2, 0.25) is 0 Å². The van der Waals surface area contributed by atoms with E-state index in [4.69, 9.17) is 0 Å². The van der Waals surface area contributed by atoms with E-state index in [2.05, 4.69) is 11.4 Å². The second kappa shape index (κ2) is 6.58. The molecule has 4 nitrogen and oxygen atoms in total. The number of hydrogen-bond donors (Lipinski definition) is 1. The Balaban J connectivity index is 1.51. The third-order valence-electron chi connectivity index (χ3n) is 5.64. The molecule has 2 amide bonds. The number of carbonyl (C=O) groups excluding carboxylic acids is 2. The Hall–Kier alpha value is -1.84. The van der Waals surface area contributed by atoms with E-state index in [1.54, 1.807) is 0 Å². The smallest absolute Gasteiger partial charge is 0.230 e. The number of rotatable bonds is 3. The zero-order valence-corrected chi connectivity index (χ0v) is 14.2. The van der Waals surface area contributed by atoms with Gasteiger partial charge in [-0.15, -0.1) is 0 Å². The molecule has 0 spiro atoms. The van der Waals surface area contributed by atoms with Gasteiger partial charge in [0.15, 0.2) is 0 Å². The molecule has 24 heavy (non-hydrogen) atoms. The standard InChI is InChI=1S/C20H26N2O2/c23-19(15-5-2-1-3-6-15)21-17-11-10-14-7-4-12-22(18(14)13-17)20(24)16-8-9-16/h10-11,13,15-16H,1-9,12H2,(H,21,23). The zero-order valence-electron chi connectivity index (χ0n) is 14.2. The van der Waals surface area contributed by atoms with Crippen LogP contribution in [0.5, 0.6) is 0 Å². The van der Waals surface area contributed by atoms with Crippen LogP contribution in [0.3, 0.4) is 0 Å². The highest BCUT2D eigenvalue weighted by Gasteiger charge is 2.35. The van der Waals surface area contributed by atoms with Gasteiger partial charge < -0.3 is 10.2 Å². The van der Waals surface area contributed by atoms with Crippen molar-refractivity contribution in [1.29, 1.82) is 0 Å². The maximum Gasteiger partial charge on any atom is 0.230 e. The fourth-order valence-corrected chi connectivity index (χ4v) is 4.04. The van der Waals surface area contributed by atoms with Crippen molar-refractivity contribution in [2.45, 2.75) is 57.8 Å². The predicted octanol–water partition coefficient (Wildman–Crippen LogP) is 3.89. The molecule has 4 rings (SSSR count). The van der Waals surface area contributed by atoms with E-state index in [9.17, 15) is 9.59 Å². The molecule has 0 unspecified atom stereocenters. The summed E-state index contributed by atoms with van der Waals surface area (Å²) in [6, 6.07) is 6.08. The van der Waals surface area contributed by atoms with Crippen molar-refractivity contribution in [3.63, 3.8) is 0 Å². The third-order valence-corrected chi connectivity index (χ3v) is 5.64. The summed E-state index contributed by atoms with van der Waals surface area (Å²) < 4.78 is 0. The van der Waals surface area contributed by atoms with Gasteiger partial charge in [-0.3, -0.25) is 9.59 Å². The van der Waals surface area contributed by atoms with E-state index in [1.807, 2.05) is 17.0 Å². The lowest BCUT2D eigenvalue weighted by atomic mass is 9.88. The Labute approximate surface area is 143 Å². The van der Waals surface area contributed by atoms with Gasteiger partial charge in [0.2, 0.25) is 11.8 Å². The molecule has 1 aromatic carbocycles. The van der Waals surface area contributed by atoms with Crippen molar-refractivity contribution in [3.8, 4) is 0 Å². The lowest BCUT2D eigenvalue weighted by Crippen LogP contribution is -2.36. The normalized spacial score (nSPS) is 21.2. The molecule has 2 saturated carbocycles. The highest BCUT2D eigenvalue weighted by molar-refractivity contribution is 5.99. The van der Waals surface area contributed by atoms with Crippen LogP contribution < -0.4 is 10.2 Å². The number of fused-ring (bicyclic) bond motifs is 1. The topological polar surface area (TPSA) is 49.4 Å². The second-order valence-electron chi connectivity index (χ2n) is 7.54. The highest BCUT2D eigenvalue weighted by atomic mass is 16.2. The minimum Gasteiger partial charge on any atom is -0.326 e. The Kier molecular flexibility index (Phi) is 4.30. The molecule has 0 atom stereocenters. The molecule has 1 heterocycles. The number of nitrogens with one attached hydrogen (secondary N) is 1. The largest absolute Gasteiger partial charge is 0.326 e. The molecule has 3 aliphatic rings. The Bertz CT molecular complexity index is 645. The van der Waals surface area contributed by atoms with Gasteiger partial charge in [0, 0.05) is 29.8 Å². The van der Waals surface area contributed by atoms with E-state index < -0.39 is 0 Å². The van der Waals surface area contributed by atoms with Gasteiger partial charge in [-0.05, 0) is 56.2 Å². The van der Waals surface area contributed by atoms with E-state index in [0.717, 1.165) is 69.3 Å². The van der Waals surface area contributed by atoms with Crippen molar-refractivity contribution >= 4 is 23.2 Å². The van der Waals surface area contributed by atoms with Gasteiger partial charge in [-0.2, -0.15) is 0 Å². The Morgan fingerprint density at radius 2 is 1.75 bits per heavy atom. The van der Waals surface area contributed by atoms with Crippen LogP contribution in [0.4, 0.5) is 11.4 Å². The van der Waals surface area contributed by atoms with Crippen LogP contribution in [0.25, 0.3) is 0 Å². The lowest BCUT2D eigenvalue weighted by Gasteiger charge is -2.30. The van der Waals surface area contributed by atoms with Crippen LogP contribution >= 0.6 is 0 Å². The molecule has 0 bridgehead atoms. The summed E-state index contributed by atoms with van der Waals surface area (Å²) in [4.78, 5) is 27.0. The minimum absolute atomic E-state index is 0.144. The number of amides is 2. The molecule has 128 valence electrons. The van der Waals surface area contributed by atoms with Gasteiger partial charge in [0.05, 0.1) is 0 Å². The number of carbonyl (C=O) groups is 2. The summed E-state index contributed by atoms with van der Waals surface area (Å²) >= 11 is 0. The van der Waals surface area contributed by atoms with E-state index in [0.29, 0.717) is 0 Å². The average Bonchev–Trinajstić information content (AvgIpc) is 3.46. The second-order valence-corrected chi connectivity index (χ2v) is 7.54. The summed E-state index contributed by atoms with van der Waals surface area (Å²) in [5, 5.41) is 3.09. The van der Waals surface area contributed by atoms with Crippen molar-refractivity contribution in [1.82, 2.24) is 0 Å². The van der Waals surface area contributed by atoms with Crippen molar-refractivity contribution < 1.29 is 9.59 Å². The van der Waals surface area contributed by atoms with Crippen LogP contribution in [-0.4, -0.2) is 18.4 Å². The fourth-order valence-electron chi connectivity index (χ4n) is 4.04. The minimum atomic E-state index is 0.144. The molecule has 0 saturated heterocycles. The summed E-state index contributed by atoms with van der Waals surface area (Å²) in [5.41, 5.74) is 3.07. The molecule has 1 aromatic rings. The first kappa shape index (κ1) is 15.7. The third kappa shape index (κ3) is 3.19. The molecule has 0 aromatic heterocycles. The maximum atomic E-state index is 12.5. The molecule has 2 fully saturated rings. The quantitative estimate of drug-likeness (QED) is 0.916. The average molecular weight is 326 g/mol. The van der Waals surface area contributed by atoms with Gasteiger partial charge in [0.25, 0.3) is 0 Å². The molecule has 0 radical (unpaired) electrons. The fraction of sp³-hybridized carbons (Fsp3) is 0.600.